The van der Waals surface area contributed by atoms with Crippen LogP contribution in [0.5, 0.6) is 0 Å². The van der Waals surface area contributed by atoms with Crippen LogP contribution in [0.2, 0.25) is 0 Å². The molecule has 32 heavy (non-hydrogen) atoms. The third-order valence-corrected chi connectivity index (χ3v) is 5.51. The van der Waals surface area contributed by atoms with Gasteiger partial charge < -0.3 is 0 Å². The second-order valence-electron chi connectivity index (χ2n) is 7.72. The van der Waals surface area contributed by atoms with Crippen LogP contribution < -0.4 is 0 Å². The Morgan fingerprint density at radius 1 is 0.562 bits per heavy atom. The number of hydrogen-bond acceptors (Lipinski definition) is 0. The molecule has 6 rings (SSSR count). The molecule has 0 heterocycles. The van der Waals surface area contributed by atoms with Gasteiger partial charge in [0, 0.05) is 0 Å². The molecule has 0 bridgehead atoms. The van der Waals surface area contributed by atoms with Crippen molar-refractivity contribution >= 4 is 6.88 Å². The van der Waals surface area contributed by atoms with Gasteiger partial charge in [-0.25, -0.2) is 12.1 Å². The quantitative estimate of drug-likeness (QED) is 0.174. The molecule has 0 spiro atoms. The van der Waals surface area contributed by atoms with Crippen LogP contribution >= 0.6 is 0 Å². The molecule has 2 aliphatic rings. The summed E-state index contributed by atoms with van der Waals surface area (Å²) in [5.41, 5.74) is 6.39. The summed E-state index contributed by atoms with van der Waals surface area (Å²) in [7, 11) is 0. The molecule has 0 aliphatic heterocycles. The topological polar surface area (TPSA) is 0 Å². The molecular formula is C30H32SiZr-4. The fraction of sp³-hybridized carbons (Fsp3) is 0.267. The van der Waals surface area contributed by atoms with Crippen molar-refractivity contribution < 1.29 is 23.3 Å². The molecule has 164 valence electrons. The molecule has 0 atom stereocenters. The van der Waals surface area contributed by atoms with Crippen molar-refractivity contribution in [3.63, 3.8) is 0 Å². The summed E-state index contributed by atoms with van der Waals surface area (Å²) >= 11 is 1.36. The van der Waals surface area contributed by atoms with Crippen LogP contribution in [0, 0.1) is 12.1 Å². The summed E-state index contributed by atoms with van der Waals surface area (Å²) in [6.07, 6.45) is 10.9. The standard InChI is InChI=1S/2C9H11.2C6H5.Si.Zr/c2*1-2-5-9-7-3-6-8(9)4-1;2*1-2-4-6-5-3-1;;/h2*3,6-7H,1-2,4-5H2;2*1-5H;;/q4*-1;;. The number of benzene rings is 2. The molecule has 4 aromatic carbocycles. The third kappa shape index (κ3) is 10.7. The first-order valence-corrected chi connectivity index (χ1v) is 15.7. The van der Waals surface area contributed by atoms with Crippen LogP contribution in [0.15, 0.2) is 97.1 Å². The minimum atomic E-state index is 1.32. The molecule has 0 amide bonds. The molecule has 0 N–H and O–H groups in total. The first-order chi connectivity index (χ1) is 15.9. The smallest absolute Gasteiger partial charge is 0.0512 e. The van der Waals surface area contributed by atoms with Gasteiger partial charge in [0.15, 0.2) is 0 Å². The summed E-state index contributed by atoms with van der Waals surface area (Å²) in [4.78, 5) is 0. The van der Waals surface area contributed by atoms with Gasteiger partial charge in [-0.2, -0.15) is 119 Å². The van der Waals surface area contributed by atoms with Crippen molar-refractivity contribution in [1.29, 1.82) is 0 Å². The Balaban J connectivity index is 0.000000150. The van der Waals surface area contributed by atoms with E-state index in [0.29, 0.717) is 0 Å². The Morgan fingerprint density at radius 3 is 1.22 bits per heavy atom. The molecule has 0 saturated heterocycles. The average molecular weight is 512 g/mol. The van der Waals surface area contributed by atoms with Gasteiger partial charge in [0.25, 0.3) is 0 Å². The van der Waals surface area contributed by atoms with Gasteiger partial charge in [0.2, 0.25) is 0 Å². The Morgan fingerprint density at radius 2 is 0.938 bits per heavy atom. The van der Waals surface area contributed by atoms with E-state index in [1.807, 2.05) is 60.7 Å². The van der Waals surface area contributed by atoms with Crippen LogP contribution in [0.25, 0.3) is 0 Å². The van der Waals surface area contributed by atoms with Crippen LogP contribution in [-0.2, 0) is 49.0 Å². The first kappa shape index (κ1) is 26.5. The largest absolute Gasteiger partial charge is 0.210 e. The van der Waals surface area contributed by atoms with Gasteiger partial charge in [-0.1, -0.05) is 51.4 Å². The second-order valence-corrected chi connectivity index (χ2v) is 7.72. The molecule has 2 aliphatic carbocycles. The maximum absolute atomic E-state index is 3.06. The van der Waals surface area contributed by atoms with Crippen molar-refractivity contribution in [2.24, 2.45) is 0 Å². The van der Waals surface area contributed by atoms with E-state index >= 15 is 0 Å². The van der Waals surface area contributed by atoms with Crippen LogP contribution in [0.3, 0.4) is 0 Å². The second kappa shape index (κ2) is 17.8. The zero-order valence-electron chi connectivity index (χ0n) is 18.9. The molecule has 0 fully saturated rings. The fourth-order valence-corrected chi connectivity index (χ4v) is 3.91. The SMILES string of the molecule is [Si]=[Zr].[c-]1ccccc1.[c-]1ccccc1.c1cc2c([cH-]1)CCCC2.c1cc2c([cH-]1)CCCC2. The zero-order chi connectivity index (χ0) is 22.7. The van der Waals surface area contributed by atoms with Gasteiger partial charge in [-0.3, -0.25) is 0 Å². The maximum Gasteiger partial charge on any atom is -0.0512 e. The van der Waals surface area contributed by atoms with Gasteiger partial charge >= 0.3 is 30.2 Å². The zero-order valence-corrected chi connectivity index (χ0v) is 22.4. The van der Waals surface area contributed by atoms with Crippen molar-refractivity contribution in [3.05, 3.63) is 131 Å². The van der Waals surface area contributed by atoms with E-state index in [1.54, 1.807) is 22.3 Å². The normalized spacial score (nSPS) is 12.8. The van der Waals surface area contributed by atoms with E-state index in [9.17, 15) is 0 Å². The summed E-state index contributed by atoms with van der Waals surface area (Å²) in [6.45, 7) is 3.06. The minimum absolute atomic E-state index is 1.32. The molecule has 2 heteroatoms. The van der Waals surface area contributed by atoms with Crippen molar-refractivity contribution in [3.8, 4) is 0 Å². The Bertz CT molecular complexity index is 751. The summed E-state index contributed by atoms with van der Waals surface area (Å²) in [6, 6.07) is 38.4. The van der Waals surface area contributed by atoms with Crippen LogP contribution in [0.1, 0.15) is 47.9 Å². The van der Waals surface area contributed by atoms with Crippen molar-refractivity contribution in [1.82, 2.24) is 0 Å². The Labute approximate surface area is 212 Å². The van der Waals surface area contributed by atoms with E-state index in [-0.39, 0.29) is 0 Å². The van der Waals surface area contributed by atoms with Crippen LogP contribution in [0.4, 0.5) is 0 Å². The van der Waals surface area contributed by atoms with E-state index in [2.05, 4.69) is 55.4 Å². The van der Waals surface area contributed by atoms with Crippen molar-refractivity contribution in [2.75, 3.05) is 0 Å². The molecule has 0 saturated carbocycles. The van der Waals surface area contributed by atoms with Gasteiger partial charge in [0.1, 0.15) is 0 Å². The van der Waals surface area contributed by atoms with Gasteiger partial charge in [-0.15, -0.1) is 0 Å². The van der Waals surface area contributed by atoms with Gasteiger partial charge in [0.05, 0.1) is 0 Å². The number of fused-ring (bicyclic) bond motifs is 2. The monoisotopic (exact) mass is 510 g/mol. The minimum Gasteiger partial charge on any atom is -0.210 e. The third-order valence-electron chi connectivity index (χ3n) is 5.51. The molecular weight excluding hydrogens is 480 g/mol. The summed E-state index contributed by atoms with van der Waals surface area (Å²) in [5, 5.41) is 0. The molecule has 0 nitrogen and oxygen atoms in total. The average Bonchev–Trinajstić information content (AvgIpc) is 3.58. The predicted molar refractivity (Wildman–Crippen MR) is 134 cm³/mol. The van der Waals surface area contributed by atoms with E-state index in [4.69, 9.17) is 0 Å². The van der Waals surface area contributed by atoms with E-state index in [1.165, 1.54) is 74.7 Å². The molecule has 0 unspecified atom stereocenters. The first-order valence-electron chi connectivity index (χ1n) is 11.5. The summed E-state index contributed by atoms with van der Waals surface area (Å²) in [5.74, 6) is 0. The van der Waals surface area contributed by atoms with E-state index in [0.717, 1.165) is 0 Å². The molecule has 0 aromatic heterocycles. The fourth-order valence-electron chi connectivity index (χ4n) is 3.91. The maximum atomic E-state index is 3.06. The van der Waals surface area contributed by atoms with Crippen LogP contribution in [-0.4, -0.2) is 6.88 Å². The Kier molecular flexibility index (Phi) is 14.7. The van der Waals surface area contributed by atoms with Gasteiger partial charge in [-0.05, 0) is 0 Å². The predicted octanol–water partition coefficient (Wildman–Crippen LogP) is 7.16. The molecule has 2 radical (unpaired) electrons. The number of rotatable bonds is 0. The summed E-state index contributed by atoms with van der Waals surface area (Å²) < 4.78 is 0. The number of hydrogen-bond donors (Lipinski definition) is 0. The van der Waals surface area contributed by atoms with E-state index < -0.39 is 0 Å². The molecule has 4 aromatic rings. The van der Waals surface area contributed by atoms with Crippen molar-refractivity contribution in [2.45, 2.75) is 51.4 Å². The Hall–Kier alpha value is -1.76. The number of aryl methyl sites for hydroxylation is 4.